The van der Waals surface area contributed by atoms with Crippen LogP contribution in [0.3, 0.4) is 0 Å². The summed E-state index contributed by atoms with van der Waals surface area (Å²) in [5, 5.41) is 0.624. The normalized spacial score (nSPS) is 22.3. The number of methoxy groups -OCH3 is 1. The lowest BCUT2D eigenvalue weighted by atomic mass is 10.00. The van der Waals surface area contributed by atoms with E-state index in [-0.39, 0.29) is 5.75 Å². The molecule has 140 valence electrons. The zero-order chi connectivity index (χ0) is 17.9. The van der Waals surface area contributed by atoms with Crippen molar-refractivity contribution in [3.05, 3.63) is 34.9 Å². The van der Waals surface area contributed by atoms with Crippen LogP contribution >= 0.6 is 11.6 Å². The van der Waals surface area contributed by atoms with E-state index >= 15 is 0 Å². The number of rotatable bonds is 5. The van der Waals surface area contributed by atoms with Crippen molar-refractivity contribution in [2.75, 3.05) is 33.3 Å². The number of hydrogen-bond acceptors (Lipinski definition) is 4. The number of hydrogen-bond donors (Lipinski definition) is 0. The van der Waals surface area contributed by atoms with Crippen LogP contribution in [-0.2, 0) is 20.5 Å². The van der Waals surface area contributed by atoms with E-state index < -0.39 is 10.0 Å². The second kappa shape index (κ2) is 8.35. The van der Waals surface area contributed by atoms with Crippen LogP contribution in [0.2, 0.25) is 5.02 Å². The van der Waals surface area contributed by atoms with E-state index in [1.54, 1.807) is 35.7 Å². The lowest BCUT2D eigenvalue weighted by molar-refractivity contribution is 0.0190. The summed E-state index contributed by atoms with van der Waals surface area (Å²) in [5.41, 5.74) is 0.785. The fourth-order valence-electron chi connectivity index (χ4n) is 3.84. The molecule has 0 aliphatic carbocycles. The first-order valence-corrected chi connectivity index (χ1v) is 11.0. The predicted molar refractivity (Wildman–Crippen MR) is 100 cm³/mol. The van der Waals surface area contributed by atoms with Gasteiger partial charge in [0.25, 0.3) is 0 Å². The predicted octanol–water partition coefficient (Wildman–Crippen LogP) is 2.75. The Balaban J connectivity index is 1.52. The Morgan fingerprint density at radius 3 is 2.20 bits per heavy atom. The van der Waals surface area contributed by atoms with E-state index in [0.717, 1.165) is 44.3 Å². The average molecular weight is 387 g/mol. The summed E-state index contributed by atoms with van der Waals surface area (Å²) >= 11 is 5.87. The minimum Gasteiger partial charge on any atom is -0.381 e. The number of sulfonamides is 1. The standard InChI is InChI=1S/C18H27ClN2O3S/c1-24-18-8-10-20(11-9-18)17-6-12-21(13-7-17)25(22,23)14-15-2-4-16(19)5-3-15/h2-5,17-18H,6-14H2,1H3. The van der Waals surface area contributed by atoms with Crippen molar-refractivity contribution < 1.29 is 13.2 Å². The highest BCUT2D eigenvalue weighted by Crippen LogP contribution is 2.24. The first-order valence-electron chi connectivity index (χ1n) is 8.97. The molecule has 0 aromatic heterocycles. The third-order valence-electron chi connectivity index (χ3n) is 5.41. The topological polar surface area (TPSA) is 49.9 Å². The van der Waals surface area contributed by atoms with Crippen LogP contribution < -0.4 is 0 Å². The molecule has 0 radical (unpaired) electrons. The lowest BCUT2D eigenvalue weighted by Gasteiger charge is -2.41. The molecular formula is C18H27ClN2O3S. The van der Waals surface area contributed by atoms with Gasteiger partial charge in [0, 0.05) is 44.4 Å². The second-order valence-corrected chi connectivity index (χ2v) is 9.39. The Morgan fingerprint density at radius 2 is 1.64 bits per heavy atom. The summed E-state index contributed by atoms with van der Waals surface area (Å²) in [7, 11) is -1.48. The molecule has 0 bridgehead atoms. The number of piperidine rings is 2. The highest BCUT2D eigenvalue weighted by atomic mass is 35.5. The Hall–Kier alpha value is -0.660. The van der Waals surface area contributed by atoms with Crippen LogP contribution in [0.15, 0.2) is 24.3 Å². The summed E-state index contributed by atoms with van der Waals surface area (Å²) in [5.74, 6) is 0.0497. The van der Waals surface area contributed by atoms with E-state index in [4.69, 9.17) is 16.3 Å². The van der Waals surface area contributed by atoms with Gasteiger partial charge in [-0.1, -0.05) is 23.7 Å². The van der Waals surface area contributed by atoms with Crippen LogP contribution in [0.5, 0.6) is 0 Å². The zero-order valence-corrected chi connectivity index (χ0v) is 16.3. The van der Waals surface area contributed by atoms with Crippen molar-refractivity contribution in [3.8, 4) is 0 Å². The molecule has 7 heteroatoms. The summed E-state index contributed by atoms with van der Waals surface area (Å²) in [6, 6.07) is 7.55. The molecule has 0 atom stereocenters. The molecule has 5 nitrogen and oxygen atoms in total. The molecule has 2 aliphatic rings. The van der Waals surface area contributed by atoms with Crippen molar-refractivity contribution in [2.45, 2.75) is 43.6 Å². The molecule has 0 spiro atoms. The van der Waals surface area contributed by atoms with E-state index in [0.29, 0.717) is 30.3 Å². The summed E-state index contributed by atoms with van der Waals surface area (Å²) in [6.45, 7) is 3.34. The van der Waals surface area contributed by atoms with Crippen LogP contribution in [0, 0.1) is 0 Å². The molecule has 1 aromatic rings. The summed E-state index contributed by atoms with van der Waals surface area (Å²) < 4.78 is 32.4. The second-order valence-electron chi connectivity index (χ2n) is 6.98. The molecule has 2 saturated heterocycles. The molecular weight excluding hydrogens is 360 g/mol. The maximum Gasteiger partial charge on any atom is 0.218 e. The van der Waals surface area contributed by atoms with Crippen molar-refractivity contribution in [1.29, 1.82) is 0 Å². The molecule has 0 N–H and O–H groups in total. The quantitative estimate of drug-likeness (QED) is 0.780. The Bertz CT molecular complexity index is 649. The molecule has 3 rings (SSSR count). The first kappa shape index (κ1) is 19.1. The van der Waals surface area contributed by atoms with Crippen molar-refractivity contribution >= 4 is 21.6 Å². The van der Waals surface area contributed by atoms with Gasteiger partial charge >= 0.3 is 0 Å². The van der Waals surface area contributed by atoms with Gasteiger partial charge in [-0.25, -0.2) is 12.7 Å². The zero-order valence-electron chi connectivity index (χ0n) is 14.7. The molecule has 2 heterocycles. The maximum absolute atomic E-state index is 12.7. The van der Waals surface area contributed by atoms with Crippen LogP contribution in [0.4, 0.5) is 0 Å². The number of benzene rings is 1. The van der Waals surface area contributed by atoms with Crippen LogP contribution in [-0.4, -0.2) is 63.1 Å². The van der Waals surface area contributed by atoms with E-state index in [2.05, 4.69) is 4.90 Å². The van der Waals surface area contributed by atoms with Crippen molar-refractivity contribution in [3.63, 3.8) is 0 Å². The Kier molecular flexibility index (Phi) is 6.39. The maximum atomic E-state index is 12.7. The SMILES string of the molecule is COC1CCN(C2CCN(S(=O)(=O)Cc3ccc(Cl)cc3)CC2)CC1. The van der Waals surface area contributed by atoms with Gasteiger partial charge in [-0.3, -0.25) is 0 Å². The fourth-order valence-corrected chi connectivity index (χ4v) is 5.53. The number of halogens is 1. The Morgan fingerprint density at radius 1 is 1.04 bits per heavy atom. The van der Waals surface area contributed by atoms with Gasteiger partial charge < -0.3 is 9.64 Å². The number of ether oxygens (including phenoxy) is 1. The molecule has 0 saturated carbocycles. The largest absolute Gasteiger partial charge is 0.381 e. The molecule has 2 fully saturated rings. The fraction of sp³-hybridized carbons (Fsp3) is 0.667. The minimum atomic E-state index is -3.26. The van der Waals surface area contributed by atoms with Crippen LogP contribution in [0.1, 0.15) is 31.2 Å². The first-order chi connectivity index (χ1) is 12.0. The smallest absolute Gasteiger partial charge is 0.218 e. The Labute approximate surface area is 155 Å². The molecule has 0 unspecified atom stereocenters. The summed E-state index contributed by atoms with van der Waals surface area (Å²) in [6.07, 6.45) is 4.36. The lowest BCUT2D eigenvalue weighted by Crippen LogP contribution is -2.49. The molecule has 25 heavy (non-hydrogen) atoms. The van der Waals surface area contributed by atoms with Gasteiger partial charge in [0.05, 0.1) is 11.9 Å². The summed E-state index contributed by atoms with van der Waals surface area (Å²) in [4.78, 5) is 2.51. The van der Waals surface area contributed by atoms with E-state index in [1.807, 2.05) is 0 Å². The van der Waals surface area contributed by atoms with Gasteiger partial charge in [0.1, 0.15) is 0 Å². The van der Waals surface area contributed by atoms with E-state index in [1.165, 1.54) is 0 Å². The highest BCUT2D eigenvalue weighted by Gasteiger charge is 2.32. The van der Waals surface area contributed by atoms with Gasteiger partial charge in [0.15, 0.2) is 0 Å². The van der Waals surface area contributed by atoms with Gasteiger partial charge in [-0.15, -0.1) is 0 Å². The van der Waals surface area contributed by atoms with Crippen LogP contribution in [0.25, 0.3) is 0 Å². The van der Waals surface area contributed by atoms with Crippen molar-refractivity contribution in [2.24, 2.45) is 0 Å². The van der Waals surface area contributed by atoms with E-state index in [9.17, 15) is 8.42 Å². The van der Waals surface area contributed by atoms with Gasteiger partial charge in [-0.2, -0.15) is 0 Å². The monoisotopic (exact) mass is 386 g/mol. The highest BCUT2D eigenvalue weighted by molar-refractivity contribution is 7.88. The molecule has 0 amide bonds. The number of nitrogens with zero attached hydrogens (tertiary/aromatic N) is 2. The molecule has 1 aromatic carbocycles. The van der Waals surface area contributed by atoms with Gasteiger partial charge in [-0.05, 0) is 43.4 Å². The third-order valence-corrected chi connectivity index (χ3v) is 7.51. The average Bonchev–Trinajstić information content (AvgIpc) is 2.64. The number of likely N-dealkylation sites (tertiary alicyclic amines) is 1. The minimum absolute atomic E-state index is 0.0497. The van der Waals surface area contributed by atoms with Gasteiger partial charge in [0.2, 0.25) is 10.0 Å². The molecule has 2 aliphatic heterocycles. The third kappa shape index (κ3) is 4.95. The van der Waals surface area contributed by atoms with Crippen molar-refractivity contribution in [1.82, 2.24) is 9.21 Å².